The van der Waals surface area contributed by atoms with Crippen LogP contribution in [0.1, 0.15) is 4.88 Å². The smallest absolute Gasteiger partial charge is 0.417 e. The second-order valence-electron chi connectivity index (χ2n) is 1.76. The minimum Gasteiger partial charge on any atom is -0.457 e. The van der Waals surface area contributed by atoms with Gasteiger partial charge in [0.1, 0.15) is 0 Å². The summed E-state index contributed by atoms with van der Waals surface area (Å²) in [5.41, 5.74) is 0. The summed E-state index contributed by atoms with van der Waals surface area (Å²) in [6.07, 6.45) is 0.799. The maximum Gasteiger partial charge on any atom is 0.417 e. The van der Waals surface area contributed by atoms with E-state index in [2.05, 4.69) is 4.74 Å². The second kappa shape index (κ2) is 4.06. The molecule has 0 fully saturated rings. The van der Waals surface area contributed by atoms with Crippen LogP contribution in [0, 0.1) is 0 Å². The first kappa shape index (κ1) is 7.28. The van der Waals surface area contributed by atoms with Crippen molar-refractivity contribution in [2.45, 2.75) is 6.42 Å². The van der Waals surface area contributed by atoms with Crippen molar-refractivity contribution in [2.24, 2.45) is 0 Å². The third-order valence-electron chi connectivity index (χ3n) is 1.09. The van der Waals surface area contributed by atoms with E-state index < -0.39 is 0 Å². The highest BCUT2D eigenvalue weighted by atomic mass is 32.1. The highest BCUT2D eigenvalue weighted by Gasteiger charge is 1.91. The standard InChI is InChI=1S/C7H7O2S/c8-6-9-4-3-7-2-1-5-10-7/h1-2,5H,3-4H2. The van der Waals surface area contributed by atoms with Gasteiger partial charge in [0.05, 0.1) is 6.61 Å². The Morgan fingerprint density at radius 3 is 3.20 bits per heavy atom. The molecule has 0 unspecified atom stereocenters. The molecule has 0 aliphatic heterocycles. The Hall–Kier alpha value is -0.830. The maximum atomic E-state index is 9.59. The molecule has 53 valence electrons. The quantitative estimate of drug-likeness (QED) is 0.614. The lowest BCUT2D eigenvalue weighted by atomic mass is 10.4. The zero-order valence-corrected chi connectivity index (χ0v) is 6.19. The van der Waals surface area contributed by atoms with Crippen LogP contribution < -0.4 is 0 Å². The molecule has 0 atom stereocenters. The molecule has 10 heavy (non-hydrogen) atoms. The molecule has 2 nitrogen and oxygen atoms in total. The summed E-state index contributed by atoms with van der Waals surface area (Å²) in [6, 6.07) is 3.99. The summed E-state index contributed by atoms with van der Waals surface area (Å²) in [6.45, 7) is 1.82. The second-order valence-corrected chi connectivity index (χ2v) is 2.79. The molecule has 1 aromatic heterocycles. The van der Waals surface area contributed by atoms with Crippen LogP contribution in [-0.4, -0.2) is 13.1 Å². The van der Waals surface area contributed by atoms with E-state index in [4.69, 9.17) is 0 Å². The van der Waals surface area contributed by atoms with Crippen LogP contribution in [0.3, 0.4) is 0 Å². The summed E-state index contributed by atoms with van der Waals surface area (Å²) in [4.78, 5) is 10.8. The van der Waals surface area contributed by atoms with Gasteiger partial charge in [-0.1, -0.05) is 6.07 Å². The first-order valence-corrected chi connectivity index (χ1v) is 3.83. The number of hydrogen-bond acceptors (Lipinski definition) is 3. The fourth-order valence-electron chi connectivity index (χ4n) is 0.648. The predicted molar refractivity (Wildman–Crippen MR) is 39.7 cm³/mol. The molecule has 0 saturated heterocycles. The fraction of sp³-hybridized carbons (Fsp3) is 0.286. The number of carbonyl (C=O) groups excluding carboxylic acids is 1. The Balaban J connectivity index is 2.21. The van der Waals surface area contributed by atoms with Crippen molar-refractivity contribution in [3.8, 4) is 0 Å². The van der Waals surface area contributed by atoms with Gasteiger partial charge in [-0.05, 0) is 11.4 Å². The largest absolute Gasteiger partial charge is 0.457 e. The molecule has 3 heteroatoms. The van der Waals surface area contributed by atoms with Gasteiger partial charge in [0.15, 0.2) is 0 Å². The molecular weight excluding hydrogens is 148 g/mol. The summed E-state index contributed by atoms with van der Waals surface area (Å²) >= 11 is 1.66. The topological polar surface area (TPSA) is 26.3 Å². The zero-order valence-electron chi connectivity index (χ0n) is 5.37. The molecule has 1 heterocycles. The van der Waals surface area contributed by atoms with Gasteiger partial charge in [-0.3, -0.25) is 0 Å². The Bertz CT molecular complexity index is 181. The summed E-state index contributed by atoms with van der Waals surface area (Å²) in [5.74, 6) is 0. The van der Waals surface area contributed by atoms with Crippen molar-refractivity contribution < 1.29 is 9.53 Å². The van der Waals surface area contributed by atoms with E-state index in [0.29, 0.717) is 6.61 Å². The van der Waals surface area contributed by atoms with E-state index in [-0.39, 0.29) is 0 Å². The molecule has 0 aliphatic rings. The third-order valence-corrected chi connectivity index (χ3v) is 2.03. The average molecular weight is 155 g/mol. The van der Waals surface area contributed by atoms with Crippen molar-refractivity contribution in [1.29, 1.82) is 0 Å². The van der Waals surface area contributed by atoms with Gasteiger partial charge in [-0.2, -0.15) is 0 Å². The first-order chi connectivity index (χ1) is 4.93. The summed E-state index contributed by atoms with van der Waals surface area (Å²) < 4.78 is 4.41. The van der Waals surface area contributed by atoms with Crippen LogP contribution in [0.25, 0.3) is 0 Å². The van der Waals surface area contributed by atoms with E-state index in [1.54, 1.807) is 11.3 Å². The average Bonchev–Trinajstić information content (AvgIpc) is 2.41. The van der Waals surface area contributed by atoms with Gasteiger partial charge < -0.3 is 4.74 Å². The van der Waals surface area contributed by atoms with Crippen LogP contribution in [0.15, 0.2) is 17.5 Å². The van der Waals surface area contributed by atoms with Crippen molar-refractivity contribution in [3.63, 3.8) is 0 Å². The first-order valence-electron chi connectivity index (χ1n) is 2.95. The SMILES string of the molecule is O=[C]OCCc1cccs1. The number of ether oxygens (including phenoxy) is 1. The number of thiophene rings is 1. The Morgan fingerprint density at radius 2 is 2.60 bits per heavy atom. The molecule has 0 bridgehead atoms. The molecule has 0 spiro atoms. The maximum absolute atomic E-state index is 9.59. The predicted octanol–water partition coefficient (Wildman–Crippen LogP) is 1.37. The lowest BCUT2D eigenvalue weighted by molar-refractivity contribution is 0.282. The Labute approximate surface area is 63.4 Å². The highest BCUT2D eigenvalue weighted by Crippen LogP contribution is 2.08. The van der Waals surface area contributed by atoms with Crippen LogP contribution in [0.5, 0.6) is 0 Å². The number of hydrogen-bond donors (Lipinski definition) is 0. The summed E-state index contributed by atoms with van der Waals surface area (Å²) in [7, 11) is 0. The van der Waals surface area contributed by atoms with E-state index in [1.165, 1.54) is 11.3 Å². The van der Waals surface area contributed by atoms with Gasteiger partial charge in [0.2, 0.25) is 0 Å². The molecule has 0 aromatic carbocycles. The van der Waals surface area contributed by atoms with Gasteiger partial charge in [-0.25, -0.2) is 4.79 Å². The van der Waals surface area contributed by atoms with Crippen molar-refractivity contribution in [1.82, 2.24) is 0 Å². The third kappa shape index (κ3) is 2.19. The molecule has 0 amide bonds. The van der Waals surface area contributed by atoms with E-state index in [0.717, 1.165) is 6.42 Å². The normalized spacial score (nSPS) is 9.20. The van der Waals surface area contributed by atoms with E-state index in [9.17, 15) is 4.79 Å². The van der Waals surface area contributed by atoms with Gasteiger partial charge in [-0.15, -0.1) is 11.3 Å². The van der Waals surface area contributed by atoms with Crippen molar-refractivity contribution in [2.75, 3.05) is 6.61 Å². The van der Waals surface area contributed by atoms with Crippen molar-refractivity contribution >= 4 is 17.8 Å². The van der Waals surface area contributed by atoms with Crippen LogP contribution in [0.4, 0.5) is 0 Å². The molecule has 1 aromatic rings. The fourth-order valence-corrected chi connectivity index (χ4v) is 1.34. The minimum atomic E-state index is 0.435. The molecule has 0 saturated carbocycles. The Morgan fingerprint density at radius 1 is 1.70 bits per heavy atom. The minimum absolute atomic E-state index is 0.435. The Kier molecular flexibility index (Phi) is 2.96. The molecule has 1 radical (unpaired) electrons. The molecule has 0 N–H and O–H groups in total. The highest BCUT2D eigenvalue weighted by molar-refractivity contribution is 7.09. The van der Waals surface area contributed by atoms with Crippen LogP contribution in [0.2, 0.25) is 0 Å². The molecule has 1 rings (SSSR count). The van der Waals surface area contributed by atoms with Crippen LogP contribution >= 0.6 is 11.3 Å². The lowest BCUT2D eigenvalue weighted by Gasteiger charge is -1.92. The monoisotopic (exact) mass is 155 g/mol. The lowest BCUT2D eigenvalue weighted by Crippen LogP contribution is -1.93. The van der Waals surface area contributed by atoms with Gasteiger partial charge in [0.25, 0.3) is 0 Å². The molecular formula is C7H7O2S. The van der Waals surface area contributed by atoms with E-state index in [1.807, 2.05) is 17.5 Å². The number of rotatable bonds is 4. The molecule has 0 aliphatic carbocycles. The van der Waals surface area contributed by atoms with E-state index >= 15 is 0 Å². The summed E-state index contributed by atoms with van der Waals surface area (Å²) in [5, 5.41) is 2.00. The van der Waals surface area contributed by atoms with Crippen molar-refractivity contribution in [3.05, 3.63) is 22.4 Å². The van der Waals surface area contributed by atoms with Gasteiger partial charge in [0, 0.05) is 11.3 Å². The van der Waals surface area contributed by atoms with Gasteiger partial charge >= 0.3 is 6.47 Å². The van der Waals surface area contributed by atoms with Crippen LogP contribution in [-0.2, 0) is 16.0 Å². The zero-order chi connectivity index (χ0) is 7.23.